The number of hydrazone groups is 1. The highest BCUT2D eigenvalue weighted by atomic mass is 35.5. The molecule has 2 N–H and O–H groups in total. The van der Waals surface area contributed by atoms with Crippen molar-refractivity contribution in [1.82, 2.24) is 5.43 Å². The van der Waals surface area contributed by atoms with Crippen LogP contribution in [-0.4, -0.2) is 18.7 Å². The molecule has 0 aliphatic heterocycles. The number of nitrogens with one attached hydrogen (secondary N) is 2. The highest BCUT2D eigenvalue weighted by Gasteiger charge is 2.09. The zero-order valence-corrected chi connectivity index (χ0v) is 16.0. The molecule has 1 heterocycles. The number of hydrogen-bond donors (Lipinski definition) is 2. The molecule has 5 nitrogen and oxygen atoms in total. The van der Waals surface area contributed by atoms with Crippen molar-refractivity contribution in [2.45, 2.75) is 6.92 Å². The molecule has 0 fully saturated rings. The number of nitrogens with zero attached hydrogens (tertiary/aromatic N) is 1. The number of halogens is 2. The first-order valence-corrected chi connectivity index (χ1v) is 8.95. The summed E-state index contributed by atoms with van der Waals surface area (Å²) in [6.45, 7) is 2.09. The Kier molecular flexibility index (Phi) is 6.16. The van der Waals surface area contributed by atoms with Gasteiger partial charge in [0, 0.05) is 16.3 Å². The molecule has 2 aromatic carbocycles. The van der Waals surface area contributed by atoms with Crippen molar-refractivity contribution in [3.05, 3.63) is 76.0 Å². The fraction of sp³-hybridized carbons (Fsp3) is 0.100. The first kappa shape index (κ1) is 19.0. The lowest BCUT2D eigenvalue weighted by Crippen LogP contribution is -2.26. The van der Waals surface area contributed by atoms with Crippen LogP contribution in [0.15, 0.2) is 64.1 Å². The van der Waals surface area contributed by atoms with Crippen LogP contribution >= 0.6 is 23.2 Å². The smallest absolute Gasteiger partial charge is 0.259 e. The Hall–Kier alpha value is -2.76. The van der Waals surface area contributed by atoms with Gasteiger partial charge in [0.15, 0.2) is 0 Å². The number of rotatable bonds is 6. The maximum absolute atomic E-state index is 11.9. The molecule has 27 heavy (non-hydrogen) atoms. The molecule has 0 radical (unpaired) electrons. The van der Waals surface area contributed by atoms with Crippen LogP contribution in [-0.2, 0) is 4.79 Å². The van der Waals surface area contributed by atoms with E-state index in [0.717, 1.165) is 11.3 Å². The molecule has 0 saturated carbocycles. The van der Waals surface area contributed by atoms with E-state index in [1.165, 1.54) is 6.21 Å². The van der Waals surface area contributed by atoms with E-state index in [0.29, 0.717) is 27.1 Å². The molecule has 0 bridgehead atoms. The largest absolute Gasteiger partial charge is 0.455 e. The maximum Gasteiger partial charge on any atom is 0.259 e. The molecule has 1 aromatic heterocycles. The molecule has 0 unspecified atom stereocenters. The highest BCUT2D eigenvalue weighted by Crippen LogP contribution is 2.31. The third-order valence-electron chi connectivity index (χ3n) is 3.79. The fourth-order valence-corrected chi connectivity index (χ4v) is 2.79. The minimum absolute atomic E-state index is 0.115. The van der Waals surface area contributed by atoms with Crippen molar-refractivity contribution in [3.63, 3.8) is 0 Å². The topological polar surface area (TPSA) is 66.6 Å². The van der Waals surface area contributed by atoms with E-state index in [-0.39, 0.29) is 12.5 Å². The van der Waals surface area contributed by atoms with Gasteiger partial charge in [-0.05, 0) is 48.9 Å². The normalized spacial score (nSPS) is 10.9. The van der Waals surface area contributed by atoms with E-state index in [1.807, 2.05) is 31.2 Å². The molecule has 0 saturated heterocycles. The summed E-state index contributed by atoms with van der Waals surface area (Å²) in [4.78, 5) is 11.9. The van der Waals surface area contributed by atoms with E-state index >= 15 is 0 Å². The van der Waals surface area contributed by atoms with Crippen molar-refractivity contribution >= 4 is 41.0 Å². The first-order valence-electron chi connectivity index (χ1n) is 8.19. The minimum Gasteiger partial charge on any atom is -0.455 e. The van der Waals surface area contributed by atoms with E-state index in [1.54, 1.807) is 30.3 Å². The molecule has 0 aliphatic rings. The van der Waals surface area contributed by atoms with E-state index in [4.69, 9.17) is 27.6 Å². The van der Waals surface area contributed by atoms with Crippen LogP contribution in [0.1, 0.15) is 11.3 Å². The average molecular weight is 402 g/mol. The Balaban J connectivity index is 1.56. The van der Waals surface area contributed by atoms with Crippen LogP contribution in [0.5, 0.6) is 0 Å². The van der Waals surface area contributed by atoms with Gasteiger partial charge in [-0.15, -0.1) is 0 Å². The summed E-state index contributed by atoms with van der Waals surface area (Å²) in [5.74, 6) is 0.781. The van der Waals surface area contributed by atoms with Gasteiger partial charge in [-0.25, -0.2) is 5.43 Å². The number of amides is 1. The summed E-state index contributed by atoms with van der Waals surface area (Å²) in [7, 11) is 0. The lowest BCUT2D eigenvalue weighted by atomic mass is 10.2. The molecule has 3 aromatic rings. The third-order valence-corrected chi connectivity index (χ3v) is 4.35. The number of aryl methyl sites for hydroxylation is 1. The number of carbonyl (C=O) groups is 1. The van der Waals surface area contributed by atoms with Gasteiger partial charge in [-0.2, -0.15) is 5.10 Å². The van der Waals surface area contributed by atoms with Gasteiger partial charge in [0.2, 0.25) is 0 Å². The van der Waals surface area contributed by atoms with Crippen LogP contribution in [0, 0.1) is 6.92 Å². The summed E-state index contributed by atoms with van der Waals surface area (Å²) in [5, 5.41) is 8.07. The van der Waals surface area contributed by atoms with E-state index in [2.05, 4.69) is 15.8 Å². The van der Waals surface area contributed by atoms with Gasteiger partial charge in [0.1, 0.15) is 11.5 Å². The van der Waals surface area contributed by atoms with Crippen LogP contribution < -0.4 is 10.7 Å². The summed E-state index contributed by atoms with van der Waals surface area (Å²) in [5.41, 5.74) is 5.12. The molecular formula is C20H17Cl2N3O2. The molecule has 0 atom stereocenters. The van der Waals surface area contributed by atoms with Gasteiger partial charge in [0.05, 0.1) is 17.8 Å². The van der Waals surface area contributed by atoms with Crippen LogP contribution in [0.25, 0.3) is 11.3 Å². The monoisotopic (exact) mass is 401 g/mol. The Morgan fingerprint density at radius 1 is 1.15 bits per heavy atom. The lowest BCUT2D eigenvalue weighted by Gasteiger charge is -2.07. The second kappa shape index (κ2) is 8.75. The summed E-state index contributed by atoms with van der Waals surface area (Å²) < 4.78 is 5.67. The standard InChI is InChI=1S/C20H17Cl2N3O2/c1-13-4-2-3-5-18(13)23-12-20(26)25-24-11-15-7-9-19(27-15)16-10-14(21)6-8-17(16)22/h2-11,23H,12H2,1H3,(H,25,26). The Labute approximate surface area is 167 Å². The molecular weight excluding hydrogens is 385 g/mol. The number of para-hydroxylation sites is 1. The van der Waals surface area contributed by atoms with Gasteiger partial charge in [0.25, 0.3) is 5.91 Å². The molecule has 0 spiro atoms. The maximum atomic E-state index is 11.9. The van der Waals surface area contributed by atoms with Crippen LogP contribution in [0.3, 0.4) is 0 Å². The van der Waals surface area contributed by atoms with Crippen LogP contribution in [0.4, 0.5) is 5.69 Å². The van der Waals surface area contributed by atoms with E-state index in [9.17, 15) is 4.79 Å². The number of anilines is 1. The summed E-state index contributed by atoms with van der Waals surface area (Å²) >= 11 is 12.2. The van der Waals surface area contributed by atoms with Crippen molar-refractivity contribution in [2.24, 2.45) is 5.10 Å². The molecule has 1 amide bonds. The van der Waals surface area contributed by atoms with Gasteiger partial charge < -0.3 is 9.73 Å². The Bertz CT molecular complexity index is 983. The Morgan fingerprint density at radius 2 is 1.96 bits per heavy atom. The number of furan rings is 1. The summed E-state index contributed by atoms with van der Waals surface area (Å²) in [6.07, 6.45) is 1.42. The predicted octanol–water partition coefficient (Wildman–Crippen LogP) is 5.12. The molecule has 0 aliphatic carbocycles. The SMILES string of the molecule is Cc1ccccc1NCC(=O)NN=Cc1ccc(-c2cc(Cl)ccc2Cl)o1. The molecule has 138 valence electrons. The van der Waals surface area contributed by atoms with Crippen molar-refractivity contribution in [3.8, 4) is 11.3 Å². The van der Waals surface area contributed by atoms with Gasteiger partial charge in [-0.1, -0.05) is 41.4 Å². The number of hydrogen-bond acceptors (Lipinski definition) is 4. The number of carbonyl (C=O) groups excluding carboxylic acids is 1. The van der Waals surface area contributed by atoms with Gasteiger partial charge in [-0.3, -0.25) is 4.79 Å². The first-order chi connectivity index (χ1) is 13.0. The predicted molar refractivity (Wildman–Crippen MR) is 110 cm³/mol. The lowest BCUT2D eigenvalue weighted by molar-refractivity contribution is -0.119. The zero-order chi connectivity index (χ0) is 19.2. The van der Waals surface area contributed by atoms with Crippen LogP contribution in [0.2, 0.25) is 10.0 Å². The van der Waals surface area contributed by atoms with Crippen molar-refractivity contribution in [1.29, 1.82) is 0 Å². The number of benzene rings is 2. The minimum atomic E-state index is -0.265. The second-order valence-corrected chi connectivity index (χ2v) is 6.63. The van der Waals surface area contributed by atoms with Gasteiger partial charge >= 0.3 is 0 Å². The summed E-state index contributed by atoms with van der Waals surface area (Å²) in [6, 6.07) is 16.4. The fourth-order valence-electron chi connectivity index (χ4n) is 2.41. The Morgan fingerprint density at radius 3 is 2.78 bits per heavy atom. The van der Waals surface area contributed by atoms with Crippen molar-refractivity contribution < 1.29 is 9.21 Å². The van der Waals surface area contributed by atoms with Crippen molar-refractivity contribution in [2.75, 3.05) is 11.9 Å². The third kappa shape index (κ3) is 5.12. The quantitative estimate of drug-likeness (QED) is 0.444. The molecule has 7 heteroatoms. The average Bonchev–Trinajstić information content (AvgIpc) is 3.12. The van der Waals surface area contributed by atoms with E-state index < -0.39 is 0 Å². The zero-order valence-electron chi connectivity index (χ0n) is 14.5. The highest BCUT2D eigenvalue weighted by molar-refractivity contribution is 6.35. The second-order valence-electron chi connectivity index (χ2n) is 5.79. The molecule has 3 rings (SSSR count).